The topological polar surface area (TPSA) is 50.8 Å². The molecular formula is C12H10FN3O. The number of hydrogen-bond donors (Lipinski definition) is 0. The SMILES string of the molecule is Cn1ccc(COc2cccc(F)c2C#N)n1. The van der Waals surface area contributed by atoms with Gasteiger partial charge in [0.2, 0.25) is 0 Å². The van der Waals surface area contributed by atoms with E-state index in [1.54, 1.807) is 36.1 Å². The van der Waals surface area contributed by atoms with E-state index in [4.69, 9.17) is 10.00 Å². The molecule has 1 heterocycles. The summed E-state index contributed by atoms with van der Waals surface area (Å²) in [6, 6.07) is 7.87. The van der Waals surface area contributed by atoms with Gasteiger partial charge < -0.3 is 4.74 Å². The van der Waals surface area contributed by atoms with Crippen LogP contribution in [0.1, 0.15) is 11.3 Å². The third-order valence-electron chi connectivity index (χ3n) is 2.23. The van der Waals surface area contributed by atoms with E-state index in [0.717, 1.165) is 5.69 Å². The van der Waals surface area contributed by atoms with Crippen LogP contribution in [0.2, 0.25) is 0 Å². The fourth-order valence-corrected chi connectivity index (χ4v) is 1.42. The standard InChI is InChI=1S/C12H10FN3O/c1-16-6-5-9(15-16)8-17-12-4-2-3-11(13)10(12)7-14/h2-6H,8H2,1H3. The first-order chi connectivity index (χ1) is 8.20. The third kappa shape index (κ3) is 2.42. The molecule has 0 saturated heterocycles. The van der Waals surface area contributed by atoms with Gasteiger partial charge in [-0.2, -0.15) is 10.4 Å². The van der Waals surface area contributed by atoms with E-state index in [2.05, 4.69) is 5.10 Å². The van der Waals surface area contributed by atoms with Gasteiger partial charge in [-0.1, -0.05) is 6.07 Å². The Balaban J connectivity index is 2.14. The number of halogens is 1. The molecule has 0 atom stereocenters. The first kappa shape index (κ1) is 11.1. The number of benzene rings is 1. The van der Waals surface area contributed by atoms with Gasteiger partial charge in [-0.15, -0.1) is 0 Å². The number of aryl methyl sites for hydroxylation is 1. The molecule has 0 aliphatic rings. The van der Waals surface area contributed by atoms with Crippen molar-refractivity contribution in [2.24, 2.45) is 7.05 Å². The van der Waals surface area contributed by atoms with Crippen LogP contribution in [0.4, 0.5) is 4.39 Å². The zero-order valence-corrected chi connectivity index (χ0v) is 9.22. The van der Waals surface area contributed by atoms with Crippen molar-refractivity contribution >= 4 is 0 Å². The lowest BCUT2D eigenvalue weighted by Crippen LogP contribution is -2.00. The summed E-state index contributed by atoms with van der Waals surface area (Å²) in [5.74, 6) is -0.343. The Morgan fingerprint density at radius 3 is 2.94 bits per heavy atom. The third-order valence-corrected chi connectivity index (χ3v) is 2.23. The minimum Gasteiger partial charge on any atom is -0.486 e. The highest BCUT2D eigenvalue weighted by atomic mass is 19.1. The van der Waals surface area contributed by atoms with Crippen LogP contribution >= 0.6 is 0 Å². The lowest BCUT2D eigenvalue weighted by Gasteiger charge is -2.06. The van der Waals surface area contributed by atoms with Gasteiger partial charge in [0.1, 0.15) is 29.8 Å². The van der Waals surface area contributed by atoms with E-state index < -0.39 is 5.82 Å². The van der Waals surface area contributed by atoms with Crippen molar-refractivity contribution in [1.29, 1.82) is 5.26 Å². The Morgan fingerprint density at radius 2 is 2.29 bits per heavy atom. The second kappa shape index (κ2) is 4.66. The molecule has 0 saturated carbocycles. The molecule has 0 aliphatic heterocycles. The summed E-state index contributed by atoms with van der Waals surface area (Å²) in [6.07, 6.45) is 1.79. The number of ether oxygens (including phenoxy) is 1. The summed E-state index contributed by atoms with van der Waals surface area (Å²) in [5, 5.41) is 12.9. The van der Waals surface area contributed by atoms with E-state index in [1.807, 2.05) is 0 Å². The van der Waals surface area contributed by atoms with Gasteiger partial charge in [0.15, 0.2) is 0 Å². The molecule has 4 nitrogen and oxygen atoms in total. The Kier molecular flexibility index (Phi) is 3.06. The number of hydrogen-bond acceptors (Lipinski definition) is 3. The van der Waals surface area contributed by atoms with E-state index in [-0.39, 0.29) is 17.9 Å². The zero-order chi connectivity index (χ0) is 12.3. The molecule has 0 fully saturated rings. The van der Waals surface area contributed by atoms with Crippen molar-refractivity contribution in [2.45, 2.75) is 6.61 Å². The largest absolute Gasteiger partial charge is 0.486 e. The maximum atomic E-state index is 13.3. The fraction of sp³-hybridized carbons (Fsp3) is 0.167. The molecule has 0 unspecified atom stereocenters. The molecule has 86 valence electrons. The first-order valence-electron chi connectivity index (χ1n) is 5.00. The van der Waals surface area contributed by atoms with Gasteiger partial charge in [-0.3, -0.25) is 4.68 Å². The van der Waals surface area contributed by atoms with Gasteiger partial charge >= 0.3 is 0 Å². The molecule has 1 aromatic carbocycles. The predicted octanol–water partition coefficient (Wildman–Crippen LogP) is 2.01. The molecule has 2 rings (SSSR count). The van der Waals surface area contributed by atoms with Gasteiger partial charge in [-0.25, -0.2) is 4.39 Å². The smallest absolute Gasteiger partial charge is 0.144 e. The summed E-state index contributed by atoms with van der Waals surface area (Å²) in [5.41, 5.74) is 0.643. The van der Waals surface area contributed by atoms with Crippen LogP contribution in [0.5, 0.6) is 5.75 Å². The molecule has 5 heteroatoms. The van der Waals surface area contributed by atoms with E-state index in [1.165, 1.54) is 12.1 Å². The van der Waals surface area contributed by atoms with Gasteiger partial charge in [0.05, 0.1) is 5.69 Å². The first-order valence-corrected chi connectivity index (χ1v) is 5.00. The van der Waals surface area contributed by atoms with Crippen molar-refractivity contribution in [3.8, 4) is 11.8 Å². The maximum absolute atomic E-state index is 13.3. The van der Waals surface area contributed by atoms with E-state index >= 15 is 0 Å². The Morgan fingerprint density at radius 1 is 1.47 bits per heavy atom. The molecule has 2 aromatic rings. The van der Waals surface area contributed by atoms with E-state index in [0.29, 0.717) is 0 Å². The van der Waals surface area contributed by atoms with Gasteiger partial charge in [0, 0.05) is 13.2 Å². The van der Waals surface area contributed by atoms with Crippen molar-refractivity contribution < 1.29 is 9.13 Å². The quantitative estimate of drug-likeness (QED) is 0.811. The fourth-order valence-electron chi connectivity index (χ4n) is 1.42. The van der Waals surface area contributed by atoms with Crippen LogP contribution in [0.3, 0.4) is 0 Å². The summed E-state index contributed by atoms with van der Waals surface area (Å²) in [4.78, 5) is 0. The van der Waals surface area contributed by atoms with E-state index in [9.17, 15) is 4.39 Å². The monoisotopic (exact) mass is 231 g/mol. The molecule has 17 heavy (non-hydrogen) atoms. The average Bonchev–Trinajstić information content (AvgIpc) is 2.72. The molecule has 0 N–H and O–H groups in total. The number of nitriles is 1. The highest BCUT2D eigenvalue weighted by Crippen LogP contribution is 2.21. The van der Waals surface area contributed by atoms with Gasteiger partial charge in [-0.05, 0) is 18.2 Å². The van der Waals surface area contributed by atoms with Crippen LogP contribution in [0.25, 0.3) is 0 Å². The average molecular weight is 231 g/mol. The van der Waals surface area contributed by atoms with Crippen molar-refractivity contribution in [1.82, 2.24) is 9.78 Å². The molecule has 0 spiro atoms. The minimum atomic E-state index is -0.578. The molecule has 1 aromatic heterocycles. The van der Waals surface area contributed by atoms with Crippen LogP contribution < -0.4 is 4.74 Å². The van der Waals surface area contributed by atoms with Crippen molar-refractivity contribution in [2.75, 3.05) is 0 Å². The lowest BCUT2D eigenvalue weighted by atomic mass is 10.2. The second-order valence-electron chi connectivity index (χ2n) is 3.49. The number of nitrogens with zero attached hydrogens (tertiary/aromatic N) is 3. The Labute approximate surface area is 97.9 Å². The van der Waals surface area contributed by atoms with Crippen molar-refractivity contribution in [3.63, 3.8) is 0 Å². The maximum Gasteiger partial charge on any atom is 0.144 e. The highest BCUT2D eigenvalue weighted by Gasteiger charge is 2.09. The zero-order valence-electron chi connectivity index (χ0n) is 9.22. The van der Waals surface area contributed by atoms with Crippen LogP contribution in [-0.2, 0) is 13.7 Å². The summed E-state index contributed by atoms with van der Waals surface area (Å²) >= 11 is 0. The molecule has 0 aliphatic carbocycles. The number of aromatic nitrogens is 2. The summed E-state index contributed by atoms with van der Waals surface area (Å²) in [7, 11) is 1.80. The molecule has 0 amide bonds. The Hall–Kier alpha value is -2.35. The minimum absolute atomic E-state index is 0.0802. The molecule has 0 radical (unpaired) electrons. The molecular weight excluding hydrogens is 221 g/mol. The normalized spacial score (nSPS) is 9.94. The summed E-state index contributed by atoms with van der Waals surface area (Å²) < 4.78 is 20.3. The number of rotatable bonds is 3. The summed E-state index contributed by atoms with van der Waals surface area (Å²) in [6.45, 7) is 0.207. The van der Waals surface area contributed by atoms with Gasteiger partial charge in [0.25, 0.3) is 0 Å². The van der Waals surface area contributed by atoms with Crippen LogP contribution in [0, 0.1) is 17.1 Å². The van der Waals surface area contributed by atoms with Crippen LogP contribution in [0.15, 0.2) is 30.5 Å². The second-order valence-corrected chi connectivity index (χ2v) is 3.49. The lowest BCUT2D eigenvalue weighted by molar-refractivity contribution is 0.297. The molecule has 0 bridgehead atoms. The predicted molar refractivity (Wildman–Crippen MR) is 58.7 cm³/mol. The van der Waals surface area contributed by atoms with Crippen molar-refractivity contribution in [3.05, 3.63) is 47.5 Å². The Bertz CT molecular complexity index is 571. The highest BCUT2D eigenvalue weighted by molar-refractivity contribution is 5.43. The van der Waals surface area contributed by atoms with Crippen LogP contribution in [-0.4, -0.2) is 9.78 Å².